The highest BCUT2D eigenvalue weighted by Crippen LogP contribution is 2.30. The molecule has 166 valence electrons. The van der Waals surface area contributed by atoms with Crippen LogP contribution >= 0.6 is 11.6 Å². The lowest BCUT2D eigenvalue weighted by Gasteiger charge is -2.16. The molecule has 0 saturated heterocycles. The van der Waals surface area contributed by atoms with E-state index in [1.165, 1.54) is 0 Å². The maximum Gasteiger partial charge on any atom is 0.196 e. The summed E-state index contributed by atoms with van der Waals surface area (Å²) >= 11 is 5.96. The quantitative estimate of drug-likeness (QED) is 0.132. The molecule has 0 atom stereocenters. The van der Waals surface area contributed by atoms with Gasteiger partial charge in [-0.15, -0.1) is 0 Å². The standard InChI is InChI=1S/C23H19ClN6O3/c1-11-9-14(13(3)28-16-5-6-17(24)29-18(16)22(25)30-32)21-15(10-11)19(31)12(2)20(33-21)23-26-7-4-8-27-23/h4-10,28,32H,3H2,1-2H3,(H2,25,30). The fourth-order valence-electron chi connectivity index (χ4n) is 3.40. The van der Waals surface area contributed by atoms with Crippen molar-refractivity contribution in [2.45, 2.75) is 13.8 Å². The van der Waals surface area contributed by atoms with Gasteiger partial charge in [0, 0.05) is 29.2 Å². The molecule has 4 aromatic rings. The molecule has 0 aliphatic carbocycles. The number of nitrogens with two attached hydrogens (primary N) is 1. The molecule has 0 saturated carbocycles. The molecule has 33 heavy (non-hydrogen) atoms. The number of aryl methyl sites for hydroxylation is 1. The number of hydrogen-bond donors (Lipinski definition) is 3. The molecule has 0 aliphatic heterocycles. The highest BCUT2D eigenvalue weighted by molar-refractivity contribution is 6.29. The zero-order valence-corrected chi connectivity index (χ0v) is 18.5. The number of amidine groups is 1. The van der Waals surface area contributed by atoms with Crippen LogP contribution in [-0.2, 0) is 0 Å². The zero-order chi connectivity index (χ0) is 23.7. The minimum atomic E-state index is -0.229. The van der Waals surface area contributed by atoms with E-state index in [1.807, 2.05) is 13.0 Å². The first-order valence-electron chi connectivity index (χ1n) is 9.76. The van der Waals surface area contributed by atoms with Gasteiger partial charge < -0.3 is 20.7 Å². The Morgan fingerprint density at radius 2 is 1.97 bits per heavy atom. The summed E-state index contributed by atoms with van der Waals surface area (Å²) in [6.07, 6.45) is 3.15. The third-order valence-electron chi connectivity index (χ3n) is 4.95. The number of oxime groups is 1. The van der Waals surface area contributed by atoms with Gasteiger partial charge in [0.05, 0.1) is 11.1 Å². The average Bonchev–Trinajstić information content (AvgIpc) is 2.82. The predicted octanol–water partition coefficient (Wildman–Crippen LogP) is 4.09. The van der Waals surface area contributed by atoms with E-state index >= 15 is 0 Å². The van der Waals surface area contributed by atoms with Crippen LogP contribution in [0.3, 0.4) is 0 Å². The van der Waals surface area contributed by atoms with Gasteiger partial charge in [0.1, 0.15) is 16.4 Å². The van der Waals surface area contributed by atoms with Gasteiger partial charge in [-0.05, 0) is 49.7 Å². The summed E-state index contributed by atoms with van der Waals surface area (Å²) in [6.45, 7) is 7.65. The van der Waals surface area contributed by atoms with Gasteiger partial charge in [0.15, 0.2) is 22.8 Å². The van der Waals surface area contributed by atoms with Gasteiger partial charge in [-0.2, -0.15) is 0 Å². The van der Waals surface area contributed by atoms with Crippen molar-refractivity contribution in [1.82, 2.24) is 15.0 Å². The second-order valence-corrected chi connectivity index (χ2v) is 7.65. The summed E-state index contributed by atoms with van der Waals surface area (Å²) in [5.74, 6) is 0.347. The van der Waals surface area contributed by atoms with Crippen LogP contribution in [0.5, 0.6) is 0 Å². The fourth-order valence-corrected chi connectivity index (χ4v) is 3.55. The first-order chi connectivity index (χ1) is 15.8. The van der Waals surface area contributed by atoms with Crippen LogP contribution in [0.1, 0.15) is 22.4 Å². The molecular formula is C23H19ClN6O3. The lowest BCUT2D eigenvalue weighted by atomic mass is 10.0. The van der Waals surface area contributed by atoms with E-state index in [-0.39, 0.29) is 27.9 Å². The topological polar surface area (TPSA) is 140 Å². The molecule has 0 aliphatic rings. The summed E-state index contributed by atoms with van der Waals surface area (Å²) in [5, 5.41) is 15.8. The van der Waals surface area contributed by atoms with Gasteiger partial charge >= 0.3 is 0 Å². The van der Waals surface area contributed by atoms with Crippen molar-refractivity contribution in [3.05, 3.63) is 87.1 Å². The number of rotatable bonds is 5. The lowest BCUT2D eigenvalue weighted by molar-refractivity contribution is 0.318. The second kappa shape index (κ2) is 8.71. The number of nitrogens with zero attached hydrogens (tertiary/aromatic N) is 4. The van der Waals surface area contributed by atoms with E-state index in [0.717, 1.165) is 5.56 Å². The molecule has 3 heterocycles. The third-order valence-corrected chi connectivity index (χ3v) is 5.16. The summed E-state index contributed by atoms with van der Waals surface area (Å²) in [5.41, 5.74) is 8.59. The number of halogens is 1. The molecule has 0 unspecified atom stereocenters. The average molecular weight is 463 g/mol. The number of hydrogen-bond acceptors (Lipinski definition) is 8. The Hall–Kier alpha value is -4.24. The van der Waals surface area contributed by atoms with Crippen LogP contribution in [0.25, 0.3) is 28.3 Å². The molecule has 1 aromatic carbocycles. The maximum absolute atomic E-state index is 13.2. The molecule has 10 heteroatoms. The number of nitrogens with one attached hydrogen (secondary N) is 1. The van der Waals surface area contributed by atoms with Crippen molar-refractivity contribution in [3.63, 3.8) is 0 Å². The largest absolute Gasteiger partial charge is 0.451 e. The highest BCUT2D eigenvalue weighted by Gasteiger charge is 2.19. The monoisotopic (exact) mass is 462 g/mol. The van der Waals surface area contributed by atoms with E-state index in [2.05, 4.69) is 32.0 Å². The predicted molar refractivity (Wildman–Crippen MR) is 127 cm³/mol. The van der Waals surface area contributed by atoms with Crippen molar-refractivity contribution in [2.24, 2.45) is 10.9 Å². The molecule has 0 fully saturated rings. The van der Waals surface area contributed by atoms with Crippen LogP contribution in [-0.4, -0.2) is 26.0 Å². The van der Waals surface area contributed by atoms with Crippen molar-refractivity contribution in [3.8, 4) is 11.6 Å². The van der Waals surface area contributed by atoms with Gasteiger partial charge in [0.2, 0.25) is 0 Å². The Labute approximate surface area is 193 Å². The summed E-state index contributed by atoms with van der Waals surface area (Å²) in [7, 11) is 0. The molecule has 3 aromatic heterocycles. The number of benzene rings is 1. The minimum absolute atomic E-state index is 0.138. The highest BCUT2D eigenvalue weighted by atomic mass is 35.5. The van der Waals surface area contributed by atoms with E-state index < -0.39 is 0 Å². The third kappa shape index (κ3) is 4.13. The molecule has 0 radical (unpaired) electrons. The molecule has 9 nitrogen and oxygen atoms in total. The number of anilines is 1. The van der Waals surface area contributed by atoms with E-state index in [9.17, 15) is 4.79 Å². The van der Waals surface area contributed by atoms with Crippen molar-refractivity contribution < 1.29 is 9.62 Å². The summed E-state index contributed by atoms with van der Waals surface area (Å²) < 4.78 is 6.17. The zero-order valence-electron chi connectivity index (χ0n) is 17.8. The Bertz CT molecular complexity index is 1480. The van der Waals surface area contributed by atoms with Crippen LogP contribution in [0, 0.1) is 13.8 Å². The Morgan fingerprint density at radius 3 is 2.67 bits per heavy atom. The molecule has 4 N–H and O–H groups in total. The van der Waals surface area contributed by atoms with Gasteiger partial charge in [-0.3, -0.25) is 4.79 Å². The van der Waals surface area contributed by atoms with Crippen LogP contribution in [0.2, 0.25) is 5.15 Å². The van der Waals surface area contributed by atoms with Gasteiger partial charge in [-0.25, -0.2) is 15.0 Å². The van der Waals surface area contributed by atoms with Crippen LogP contribution in [0.15, 0.2) is 63.7 Å². The number of fused-ring (bicyclic) bond motifs is 1. The molecule has 0 spiro atoms. The normalized spacial score (nSPS) is 11.5. The number of pyridine rings is 1. The van der Waals surface area contributed by atoms with E-state index in [0.29, 0.717) is 39.3 Å². The first-order valence-corrected chi connectivity index (χ1v) is 10.1. The Morgan fingerprint density at radius 1 is 1.24 bits per heavy atom. The van der Waals surface area contributed by atoms with E-state index in [1.54, 1.807) is 43.6 Å². The summed E-state index contributed by atoms with van der Waals surface area (Å²) in [6, 6.07) is 8.44. The van der Waals surface area contributed by atoms with Gasteiger partial charge in [-0.1, -0.05) is 23.3 Å². The van der Waals surface area contributed by atoms with E-state index in [4.69, 9.17) is 27.0 Å². The molecular weight excluding hydrogens is 444 g/mol. The second-order valence-electron chi connectivity index (χ2n) is 7.27. The molecule has 0 amide bonds. The smallest absolute Gasteiger partial charge is 0.196 e. The molecule has 4 rings (SSSR count). The van der Waals surface area contributed by atoms with Crippen molar-refractivity contribution >= 4 is 39.8 Å². The summed E-state index contributed by atoms with van der Waals surface area (Å²) in [4.78, 5) is 25.7. The van der Waals surface area contributed by atoms with Crippen LogP contribution in [0.4, 0.5) is 5.69 Å². The van der Waals surface area contributed by atoms with Crippen LogP contribution < -0.4 is 16.5 Å². The van der Waals surface area contributed by atoms with Gasteiger partial charge in [0.25, 0.3) is 0 Å². The Balaban J connectivity index is 1.89. The fraction of sp³-hybridized carbons (Fsp3) is 0.0870. The molecule has 0 bridgehead atoms. The first kappa shape index (κ1) is 22.0. The van der Waals surface area contributed by atoms with Crippen molar-refractivity contribution in [2.75, 3.05) is 5.32 Å². The SMILES string of the molecule is C=C(Nc1ccc(Cl)nc1/C(N)=N/O)c1cc(C)cc2c(=O)c(C)c(-c3ncccn3)oc12. The minimum Gasteiger partial charge on any atom is -0.451 e. The number of aromatic nitrogens is 3. The maximum atomic E-state index is 13.2. The Kier molecular flexibility index (Phi) is 5.80. The lowest BCUT2D eigenvalue weighted by Crippen LogP contribution is -2.18. The van der Waals surface area contributed by atoms with Crippen molar-refractivity contribution in [1.29, 1.82) is 0 Å².